The van der Waals surface area contributed by atoms with Gasteiger partial charge in [0.2, 0.25) is 0 Å². The van der Waals surface area contributed by atoms with E-state index in [1.165, 1.54) is 0 Å². The number of aliphatic hydroxyl groups is 1. The van der Waals surface area contributed by atoms with Crippen LogP contribution in [0, 0.1) is 11.3 Å². The fourth-order valence-corrected chi connectivity index (χ4v) is 2.58. The van der Waals surface area contributed by atoms with E-state index in [4.69, 9.17) is 21.9 Å². The lowest BCUT2D eigenvalue weighted by molar-refractivity contribution is 0.289. The van der Waals surface area contributed by atoms with E-state index in [0.717, 1.165) is 36.1 Å². The third-order valence-electron chi connectivity index (χ3n) is 3.37. The average molecular weight is 246 g/mol. The Kier molecular flexibility index (Phi) is 3.70. The predicted molar refractivity (Wildman–Crippen MR) is 70.8 cm³/mol. The lowest BCUT2D eigenvalue weighted by atomic mass is 10.0. The van der Waals surface area contributed by atoms with Crippen molar-refractivity contribution in [1.29, 1.82) is 5.26 Å². The summed E-state index contributed by atoms with van der Waals surface area (Å²) in [5, 5.41) is 19.6. The van der Waals surface area contributed by atoms with Crippen LogP contribution in [0.5, 0.6) is 0 Å². The zero-order chi connectivity index (χ0) is 13.1. The molecule has 0 saturated heterocycles. The summed E-state index contributed by atoms with van der Waals surface area (Å²) in [4.78, 5) is 0. The Balaban J connectivity index is 2.42. The smallest absolute Gasteiger partial charge is 0.0995 e. The maximum absolute atomic E-state index is 9.11. The highest BCUT2D eigenvalue weighted by Crippen LogP contribution is 2.37. The van der Waals surface area contributed by atoms with Crippen LogP contribution in [0.2, 0.25) is 0 Å². The fraction of sp³-hybridized carbons (Fsp3) is 0.462. The molecule has 96 valence electrons. The van der Waals surface area contributed by atoms with E-state index in [1.807, 2.05) is 0 Å². The predicted octanol–water partition coefficient (Wildman–Crippen LogP) is 0.692. The SMILES string of the molecule is N#Cc1cc(N)c(N(N)CCCO)c2c1CCC2. The molecular formula is C13H18N4O. The van der Waals surface area contributed by atoms with Crippen LogP contribution in [-0.4, -0.2) is 18.3 Å². The number of nitrogen functional groups attached to an aromatic ring is 1. The molecule has 5 heteroatoms. The first kappa shape index (κ1) is 12.7. The van der Waals surface area contributed by atoms with Crippen LogP contribution in [0.25, 0.3) is 0 Å². The Bertz CT molecular complexity index is 493. The van der Waals surface area contributed by atoms with Crippen LogP contribution < -0.4 is 16.6 Å². The molecule has 0 fully saturated rings. The number of anilines is 2. The monoisotopic (exact) mass is 246 g/mol. The zero-order valence-electron chi connectivity index (χ0n) is 10.3. The summed E-state index contributed by atoms with van der Waals surface area (Å²) in [7, 11) is 0. The second-order valence-electron chi connectivity index (χ2n) is 4.55. The van der Waals surface area contributed by atoms with Gasteiger partial charge < -0.3 is 15.8 Å². The van der Waals surface area contributed by atoms with Crippen molar-refractivity contribution < 1.29 is 5.11 Å². The second kappa shape index (κ2) is 5.25. The van der Waals surface area contributed by atoms with Gasteiger partial charge in [-0.2, -0.15) is 5.26 Å². The molecule has 1 aromatic rings. The Morgan fingerprint density at radius 2 is 2.11 bits per heavy atom. The standard InChI is InChI=1S/C13H18N4O/c14-8-9-7-12(15)13(17(16)5-2-6-18)11-4-1-3-10(9)11/h7,18H,1-6,15-16H2. The summed E-state index contributed by atoms with van der Waals surface area (Å²) in [6.45, 7) is 0.658. The van der Waals surface area contributed by atoms with Gasteiger partial charge in [0.15, 0.2) is 0 Å². The van der Waals surface area contributed by atoms with E-state index >= 15 is 0 Å². The van der Waals surface area contributed by atoms with Crippen LogP contribution in [0.1, 0.15) is 29.5 Å². The Morgan fingerprint density at radius 1 is 1.39 bits per heavy atom. The van der Waals surface area contributed by atoms with Crippen molar-refractivity contribution in [1.82, 2.24) is 0 Å². The van der Waals surface area contributed by atoms with Crippen molar-refractivity contribution in [2.45, 2.75) is 25.7 Å². The molecule has 18 heavy (non-hydrogen) atoms. The topological polar surface area (TPSA) is 99.3 Å². The zero-order valence-corrected chi connectivity index (χ0v) is 10.3. The van der Waals surface area contributed by atoms with Gasteiger partial charge in [-0.15, -0.1) is 0 Å². The highest BCUT2D eigenvalue weighted by atomic mass is 16.3. The third-order valence-corrected chi connectivity index (χ3v) is 3.37. The van der Waals surface area contributed by atoms with E-state index < -0.39 is 0 Å². The van der Waals surface area contributed by atoms with Gasteiger partial charge in [-0.1, -0.05) is 0 Å². The van der Waals surface area contributed by atoms with Gasteiger partial charge >= 0.3 is 0 Å². The first-order valence-corrected chi connectivity index (χ1v) is 6.16. The highest BCUT2D eigenvalue weighted by molar-refractivity contribution is 5.76. The van der Waals surface area contributed by atoms with Gasteiger partial charge in [-0.05, 0) is 42.9 Å². The van der Waals surface area contributed by atoms with Crippen LogP contribution in [-0.2, 0) is 12.8 Å². The number of hydrazine groups is 1. The number of fused-ring (bicyclic) bond motifs is 1. The number of nitriles is 1. The number of benzene rings is 1. The van der Waals surface area contributed by atoms with Crippen molar-refractivity contribution in [3.8, 4) is 6.07 Å². The van der Waals surface area contributed by atoms with Crippen molar-refractivity contribution in [3.63, 3.8) is 0 Å². The summed E-state index contributed by atoms with van der Waals surface area (Å²) >= 11 is 0. The molecule has 0 unspecified atom stereocenters. The van der Waals surface area contributed by atoms with E-state index in [1.54, 1.807) is 11.1 Å². The maximum Gasteiger partial charge on any atom is 0.0995 e. The van der Waals surface area contributed by atoms with Crippen LogP contribution in [0.15, 0.2) is 6.07 Å². The molecule has 5 N–H and O–H groups in total. The van der Waals surface area contributed by atoms with Crippen LogP contribution in [0.4, 0.5) is 11.4 Å². The minimum absolute atomic E-state index is 0.103. The number of hydrogen-bond donors (Lipinski definition) is 3. The fourth-order valence-electron chi connectivity index (χ4n) is 2.58. The molecule has 1 aromatic carbocycles. The molecule has 0 aromatic heterocycles. The van der Waals surface area contributed by atoms with Gasteiger partial charge in [0.1, 0.15) is 0 Å². The average Bonchev–Trinajstić information content (AvgIpc) is 2.83. The number of rotatable bonds is 4. The Morgan fingerprint density at radius 3 is 2.78 bits per heavy atom. The molecule has 5 nitrogen and oxygen atoms in total. The third kappa shape index (κ3) is 2.13. The second-order valence-corrected chi connectivity index (χ2v) is 4.55. The van der Waals surface area contributed by atoms with Crippen molar-refractivity contribution in [3.05, 3.63) is 22.8 Å². The molecule has 0 aliphatic heterocycles. The first-order chi connectivity index (χ1) is 8.69. The molecule has 1 aliphatic carbocycles. The van der Waals surface area contributed by atoms with Crippen LogP contribution in [0.3, 0.4) is 0 Å². The quantitative estimate of drug-likeness (QED) is 0.412. The van der Waals surface area contributed by atoms with E-state index in [-0.39, 0.29) is 6.61 Å². The molecular weight excluding hydrogens is 228 g/mol. The molecule has 0 amide bonds. The maximum atomic E-state index is 9.11. The number of nitrogens with zero attached hydrogens (tertiary/aromatic N) is 2. The lowest BCUT2D eigenvalue weighted by Gasteiger charge is -2.23. The van der Waals surface area contributed by atoms with Gasteiger partial charge in [0.25, 0.3) is 0 Å². The molecule has 0 saturated carbocycles. The van der Waals surface area contributed by atoms with E-state index in [9.17, 15) is 0 Å². The van der Waals surface area contributed by atoms with Gasteiger partial charge in [-0.25, -0.2) is 5.84 Å². The molecule has 0 heterocycles. The Labute approximate surface area is 107 Å². The van der Waals surface area contributed by atoms with Crippen molar-refractivity contribution >= 4 is 11.4 Å². The summed E-state index contributed by atoms with van der Waals surface area (Å²) in [6.07, 6.45) is 3.47. The molecule has 0 spiro atoms. The molecule has 0 bridgehead atoms. The minimum Gasteiger partial charge on any atom is -0.397 e. The van der Waals surface area contributed by atoms with Crippen molar-refractivity contribution in [2.75, 3.05) is 23.9 Å². The van der Waals surface area contributed by atoms with Crippen molar-refractivity contribution in [2.24, 2.45) is 5.84 Å². The van der Waals surface area contributed by atoms with Gasteiger partial charge in [-0.3, -0.25) is 0 Å². The number of aliphatic hydroxyl groups excluding tert-OH is 1. The van der Waals surface area contributed by atoms with Gasteiger partial charge in [0.05, 0.1) is 23.0 Å². The minimum atomic E-state index is 0.103. The summed E-state index contributed by atoms with van der Waals surface area (Å²) in [5.41, 5.74) is 10.2. The van der Waals surface area contributed by atoms with Crippen LogP contribution >= 0.6 is 0 Å². The summed E-state index contributed by atoms with van der Waals surface area (Å²) in [5.74, 6) is 6.01. The first-order valence-electron chi connectivity index (χ1n) is 6.16. The van der Waals surface area contributed by atoms with E-state index in [2.05, 4.69) is 6.07 Å². The molecule has 0 radical (unpaired) electrons. The number of hydrogen-bond acceptors (Lipinski definition) is 5. The highest BCUT2D eigenvalue weighted by Gasteiger charge is 2.23. The lowest BCUT2D eigenvalue weighted by Crippen LogP contribution is -2.34. The van der Waals surface area contributed by atoms with E-state index in [0.29, 0.717) is 24.2 Å². The summed E-state index contributed by atoms with van der Waals surface area (Å²) < 4.78 is 0. The Hall–Kier alpha value is -1.77. The largest absolute Gasteiger partial charge is 0.397 e. The normalized spacial score (nSPS) is 13.2. The van der Waals surface area contributed by atoms with Gasteiger partial charge in [0, 0.05) is 13.2 Å². The summed E-state index contributed by atoms with van der Waals surface area (Å²) in [6, 6.07) is 3.90. The molecule has 1 aliphatic rings. The molecule has 0 atom stereocenters. The molecule has 2 rings (SSSR count). The number of nitrogens with two attached hydrogens (primary N) is 2.